The number of likely N-dealkylation sites (tertiary alicyclic amines) is 1. The van der Waals surface area contributed by atoms with Gasteiger partial charge in [-0.05, 0) is 32.9 Å². The number of hydrogen-bond donors (Lipinski definition) is 0. The molecule has 1 atom stereocenters. The van der Waals surface area contributed by atoms with Crippen molar-refractivity contribution in [1.82, 2.24) is 4.90 Å². The monoisotopic (exact) mass is 153 g/mol. The van der Waals surface area contributed by atoms with E-state index in [-0.39, 0.29) is 0 Å². The summed E-state index contributed by atoms with van der Waals surface area (Å²) < 4.78 is 0. The van der Waals surface area contributed by atoms with Crippen LogP contribution in [0.25, 0.3) is 0 Å². The number of carbonyl (C=O) groups excluding carboxylic acids is 1. The molecule has 1 unspecified atom stereocenters. The summed E-state index contributed by atoms with van der Waals surface area (Å²) in [6, 6.07) is 0. The third-order valence-electron chi connectivity index (χ3n) is 2.77. The van der Waals surface area contributed by atoms with Crippen LogP contribution in [0.5, 0.6) is 0 Å². The van der Waals surface area contributed by atoms with Crippen molar-refractivity contribution in [1.29, 1.82) is 0 Å². The summed E-state index contributed by atoms with van der Waals surface area (Å²) in [6.07, 6.45) is 3.43. The Kier molecular flexibility index (Phi) is 1.72. The zero-order chi connectivity index (χ0) is 7.84. The van der Waals surface area contributed by atoms with Gasteiger partial charge in [0.1, 0.15) is 5.78 Å². The fraction of sp³-hybridized carbons (Fsp3) is 0.889. The van der Waals surface area contributed by atoms with Gasteiger partial charge in [0.25, 0.3) is 0 Å². The van der Waals surface area contributed by atoms with E-state index >= 15 is 0 Å². The predicted molar refractivity (Wildman–Crippen MR) is 43.3 cm³/mol. The molecule has 0 spiro atoms. The van der Waals surface area contributed by atoms with Crippen LogP contribution < -0.4 is 0 Å². The SMILES string of the molecule is CN1CCC(C(=O)C2CC2)C1. The summed E-state index contributed by atoms with van der Waals surface area (Å²) in [5.74, 6) is 1.40. The fourth-order valence-corrected chi connectivity index (χ4v) is 1.87. The first kappa shape index (κ1) is 7.29. The second kappa shape index (κ2) is 2.59. The fourth-order valence-electron chi connectivity index (χ4n) is 1.87. The van der Waals surface area contributed by atoms with Gasteiger partial charge >= 0.3 is 0 Å². The molecule has 0 bridgehead atoms. The minimum atomic E-state index is 0.382. The van der Waals surface area contributed by atoms with Gasteiger partial charge in [0.2, 0.25) is 0 Å². The largest absolute Gasteiger partial charge is 0.306 e. The van der Waals surface area contributed by atoms with Gasteiger partial charge in [-0.3, -0.25) is 4.79 Å². The van der Waals surface area contributed by atoms with E-state index in [1.165, 1.54) is 12.8 Å². The van der Waals surface area contributed by atoms with E-state index in [4.69, 9.17) is 0 Å². The average molecular weight is 153 g/mol. The molecule has 1 aliphatic heterocycles. The summed E-state index contributed by atoms with van der Waals surface area (Å²) in [6.45, 7) is 2.12. The highest BCUT2D eigenvalue weighted by molar-refractivity contribution is 5.85. The Morgan fingerprint density at radius 3 is 2.45 bits per heavy atom. The second-order valence-electron chi connectivity index (χ2n) is 3.92. The highest BCUT2D eigenvalue weighted by Gasteiger charge is 2.36. The van der Waals surface area contributed by atoms with Crippen LogP contribution in [-0.2, 0) is 4.79 Å². The van der Waals surface area contributed by atoms with Crippen molar-refractivity contribution < 1.29 is 4.79 Å². The van der Waals surface area contributed by atoms with Crippen LogP contribution in [0, 0.1) is 11.8 Å². The number of rotatable bonds is 2. The molecule has 0 aromatic rings. The Hall–Kier alpha value is -0.370. The molecule has 0 N–H and O–H groups in total. The quantitative estimate of drug-likeness (QED) is 0.588. The lowest BCUT2D eigenvalue weighted by molar-refractivity contribution is -0.123. The molecule has 2 rings (SSSR count). The van der Waals surface area contributed by atoms with Crippen molar-refractivity contribution in [3.63, 3.8) is 0 Å². The first-order valence-corrected chi connectivity index (χ1v) is 4.49. The van der Waals surface area contributed by atoms with Crippen LogP contribution in [0.15, 0.2) is 0 Å². The third-order valence-corrected chi connectivity index (χ3v) is 2.77. The van der Waals surface area contributed by atoms with Crippen LogP contribution in [0.1, 0.15) is 19.3 Å². The molecule has 2 heteroatoms. The smallest absolute Gasteiger partial charge is 0.140 e. The molecule has 11 heavy (non-hydrogen) atoms. The molecule has 2 fully saturated rings. The van der Waals surface area contributed by atoms with Gasteiger partial charge < -0.3 is 4.90 Å². The van der Waals surface area contributed by atoms with Crippen molar-refractivity contribution in [2.45, 2.75) is 19.3 Å². The number of nitrogens with zero attached hydrogens (tertiary/aromatic N) is 1. The Morgan fingerprint density at radius 2 is 2.00 bits per heavy atom. The number of hydrogen-bond acceptors (Lipinski definition) is 2. The zero-order valence-electron chi connectivity index (χ0n) is 7.05. The van der Waals surface area contributed by atoms with E-state index in [9.17, 15) is 4.79 Å². The molecule has 2 nitrogen and oxygen atoms in total. The normalized spacial score (nSPS) is 32.6. The van der Waals surface area contributed by atoms with Crippen LogP contribution >= 0.6 is 0 Å². The maximum atomic E-state index is 11.5. The molecular weight excluding hydrogens is 138 g/mol. The summed E-state index contributed by atoms with van der Waals surface area (Å²) in [7, 11) is 2.10. The summed E-state index contributed by atoms with van der Waals surface area (Å²) in [5.41, 5.74) is 0. The van der Waals surface area contributed by atoms with Crippen LogP contribution in [0.4, 0.5) is 0 Å². The first-order valence-electron chi connectivity index (χ1n) is 4.49. The molecule has 1 aliphatic carbocycles. The topological polar surface area (TPSA) is 20.3 Å². The molecule has 0 aromatic heterocycles. The Labute approximate surface area is 67.6 Å². The lowest BCUT2D eigenvalue weighted by atomic mass is 10.0. The zero-order valence-corrected chi connectivity index (χ0v) is 7.05. The van der Waals surface area contributed by atoms with Crippen LogP contribution in [0.2, 0.25) is 0 Å². The molecule has 0 aromatic carbocycles. The molecule has 1 heterocycles. The highest BCUT2D eigenvalue weighted by atomic mass is 16.1. The third kappa shape index (κ3) is 1.45. The van der Waals surface area contributed by atoms with Gasteiger partial charge in [0.15, 0.2) is 0 Å². The van der Waals surface area contributed by atoms with Gasteiger partial charge in [0, 0.05) is 18.4 Å². The molecular formula is C9H15NO. The van der Waals surface area contributed by atoms with Crippen molar-refractivity contribution in [2.75, 3.05) is 20.1 Å². The van der Waals surface area contributed by atoms with Crippen LogP contribution in [0.3, 0.4) is 0 Å². The summed E-state index contributed by atoms with van der Waals surface area (Å²) >= 11 is 0. The minimum Gasteiger partial charge on any atom is -0.306 e. The van der Waals surface area contributed by atoms with E-state index in [0.29, 0.717) is 17.6 Å². The van der Waals surface area contributed by atoms with Gasteiger partial charge in [-0.25, -0.2) is 0 Å². The summed E-state index contributed by atoms with van der Waals surface area (Å²) in [4.78, 5) is 13.8. The van der Waals surface area contributed by atoms with E-state index < -0.39 is 0 Å². The highest BCUT2D eigenvalue weighted by Crippen LogP contribution is 2.34. The maximum Gasteiger partial charge on any atom is 0.140 e. The van der Waals surface area contributed by atoms with E-state index in [0.717, 1.165) is 19.5 Å². The van der Waals surface area contributed by atoms with Gasteiger partial charge in [-0.15, -0.1) is 0 Å². The molecule has 0 amide bonds. The number of Topliss-reactive ketones (excluding diaryl/α,β-unsaturated/α-hetero) is 1. The molecule has 1 saturated carbocycles. The van der Waals surface area contributed by atoms with Crippen LogP contribution in [-0.4, -0.2) is 30.8 Å². The maximum absolute atomic E-state index is 11.5. The second-order valence-corrected chi connectivity index (χ2v) is 3.92. The lowest BCUT2D eigenvalue weighted by Gasteiger charge is -2.07. The summed E-state index contributed by atoms with van der Waals surface area (Å²) in [5, 5.41) is 0. The lowest BCUT2D eigenvalue weighted by Crippen LogP contribution is -2.20. The standard InChI is InChI=1S/C9H15NO/c1-10-5-4-8(6-10)9(11)7-2-3-7/h7-8H,2-6H2,1H3. The van der Waals surface area contributed by atoms with Crippen molar-refractivity contribution in [3.8, 4) is 0 Å². The van der Waals surface area contributed by atoms with E-state index in [1.54, 1.807) is 0 Å². The first-order chi connectivity index (χ1) is 5.27. The van der Waals surface area contributed by atoms with Crippen molar-refractivity contribution in [2.24, 2.45) is 11.8 Å². The van der Waals surface area contributed by atoms with Gasteiger partial charge in [0.05, 0.1) is 0 Å². The minimum absolute atomic E-state index is 0.382. The molecule has 0 radical (unpaired) electrons. The van der Waals surface area contributed by atoms with Gasteiger partial charge in [-0.1, -0.05) is 0 Å². The molecule has 1 saturated heterocycles. The van der Waals surface area contributed by atoms with E-state index in [1.807, 2.05) is 0 Å². The Bertz CT molecular complexity index is 174. The number of carbonyl (C=O) groups is 1. The molecule has 62 valence electrons. The van der Waals surface area contributed by atoms with E-state index in [2.05, 4.69) is 11.9 Å². The predicted octanol–water partition coefficient (Wildman–Crippen LogP) is 0.917. The Morgan fingerprint density at radius 1 is 1.27 bits per heavy atom. The average Bonchev–Trinajstić information content (AvgIpc) is 2.74. The molecule has 2 aliphatic rings. The van der Waals surface area contributed by atoms with Crippen molar-refractivity contribution >= 4 is 5.78 Å². The van der Waals surface area contributed by atoms with Gasteiger partial charge in [-0.2, -0.15) is 0 Å². The van der Waals surface area contributed by atoms with Crippen molar-refractivity contribution in [3.05, 3.63) is 0 Å². The Balaban J connectivity index is 1.89. The number of ketones is 1.